The van der Waals surface area contributed by atoms with Gasteiger partial charge in [-0.3, -0.25) is 0 Å². The molecule has 4 N–H and O–H groups in total. The van der Waals surface area contributed by atoms with Crippen LogP contribution in [0.15, 0.2) is 66.4 Å². The normalized spacial score (nSPS) is 10.2. The van der Waals surface area contributed by atoms with Crippen LogP contribution in [0.3, 0.4) is 0 Å². The lowest BCUT2D eigenvalue weighted by Gasteiger charge is -2.10. The number of carboxylic acids is 4. The average molecular weight is 868 g/mol. The van der Waals surface area contributed by atoms with Crippen molar-refractivity contribution in [2.24, 2.45) is 0 Å². The van der Waals surface area contributed by atoms with Crippen LogP contribution < -0.4 is 0 Å². The highest BCUT2D eigenvalue weighted by molar-refractivity contribution is 9.13. The van der Waals surface area contributed by atoms with Gasteiger partial charge in [-0.1, -0.05) is 0 Å². The van der Waals surface area contributed by atoms with Gasteiger partial charge in [-0.15, -0.1) is 0 Å². The minimum atomic E-state index is -1.13. The number of halogens is 4. The number of carbonyl (C=O) groups excluding carboxylic acids is 2. The molecule has 0 heterocycles. The van der Waals surface area contributed by atoms with Crippen molar-refractivity contribution in [2.75, 3.05) is 13.2 Å². The molecule has 232 valence electrons. The van der Waals surface area contributed by atoms with Crippen LogP contribution in [-0.2, 0) is 9.47 Å². The van der Waals surface area contributed by atoms with Crippen molar-refractivity contribution in [2.45, 2.75) is 12.8 Å². The highest BCUT2D eigenvalue weighted by Crippen LogP contribution is 2.32. The Bertz CT molecular complexity index is 1480. The first-order valence-corrected chi connectivity index (χ1v) is 15.2. The van der Waals surface area contributed by atoms with Gasteiger partial charge < -0.3 is 29.9 Å². The van der Waals surface area contributed by atoms with E-state index in [1.54, 1.807) is 0 Å². The van der Waals surface area contributed by atoms with Gasteiger partial charge in [-0.2, -0.15) is 0 Å². The largest absolute Gasteiger partial charge is 0.478 e. The van der Waals surface area contributed by atoms with Crippen LogP contribution >= 0.6 is 63.7 Å². The van der Waals surface area contributed by atoms with Crippen molar-refractivity contribution < 1.29 is 58.7 Å². The SMILES string of the molecule is O=C(O)c1ccc(C(=O)O)cc1.O=C(O)c1ccc(C(=O)OCCCCOC(=O)c2ccc(C(=O)O)c(Br)c2Br)c(Br)c1Br. The second-order valence-corrected chi connectivity index (χ2v) is 11.5. The maximum atomic E-state index is 12.2. The van der Waals surface area contributed by atoms with Crippen molar-refractivity contribution in [1.82, 2.24) is 0 Å². The van der Waals surface area contributed by atoms with Gasteiger partial charge in [0.1, 0.15) is 0 Å². The topological polar surface area (TPSA) is 202 Å². The van der Waals surface area contributed by atoms with E-state index in [9.17, 15) is 28.8 Å². The van der Waals surface area contributed by atoms with Crippen molar-refractivity contribution in [3.8, 4) is 0 Å². The van der Waals surface area contributed by atoms with E-state index < -0.39 is 35.8 Å². The van der Waals surface area contributed by atoms with Gasteiger partial charge in [-0.05, 0) is 125 Å². The van der Waals surface area contributed by atoms with Crippen LogP contribution in [0, 0.1) is 0 Å². The molecule has 3 aromatic rings. The minimum absolute atomic E-state index is 0.00603. The lowest BCUT2D eigenvalue weighted by Crippen LogP contribution is -2.11. The molecule has 0 saturated heterocycles. The van der Waals surface area contributed by atoms with Gasteiger partial charge in [0.2, 0.25) is 0 Å². The molecule has 3 aromatic carbocycles. The van der Waals surface area contributed by atoms with Gasteiger partial charge in [0.05, 0.1) is 46.6 Å². The van der Waals surface area contributed by atoms with Gasteiger partial charge >= 0.3 is 35.8 Å². The minimum Gasteiger partial charge on any atom is -0.478 e. The molecule has 0 bridgehead atoms. The maximum Gasteiger partial charge on any atom is 0.339 e. The molecule has 0 aliphatic heterocycles. The summed E-state index contributed by atoms with van der Waals surface area (Å²) < 4.78 is 11.4. The molecular weight excluding hydrogens is 848 g/mol. The number of ether oxygens (including phenoxy) is 2. The number of rotatable bonds is 11. The second-order valence-electron chi connectivity index (χ2n) is 8.35. The van der Waals surface area contributed by atoms with E-state index >= 15 is 0 Å². The zero-order chi connectivity index (χ0) is 33.1. The molecule has 0 aromatic heterocycles. The van der Waals surface area contributed by atoms with E-state index in [1.165, 1.54) is 48.5 Å². The van der Waals surface area contributed by atoms with Gasteiger partial charge in [0.15, 0.2) is 0 Å². The van der Waals surface area contributed by atoms with Crippen LogP contribution in [0.5, 0.6) is 0 Å². The molecular formula is C28H20Br4O12. The molecule has 0 aliphatic carbocycles. The Morgan fingerprint density at radius 2 is 0.727 bits per heavy atom. The first-order valence-electron chi connectivity index (χ1n) is 12.0. The predicted molar refractivity (Wildman–Crippen MR) is 168 cm³/mol. The summed E-state index contributed by atoms with van der Waals surface area (Å²) in [5.74, 6) is -5.65. The van der Waals surface area contributed by atoms with Crippen molar-refractivity contribution in [3.05, 3.63) is 99.8 Å². The third-order valence-electron chi connectivity index (χ3n) is 5.45. The van der Waals surface area contributed by atoms with E-state index in [0.717, 1.165) is 0 Å². The van der Waals surface area contributed by atoms with Crippen LogP contribution in [0.4, 0.5) is 0 Å². The van der Waals surface area contributed by atoms with Crippen LogP contribution in [-0.4, -0.2) is 69.5 Å². The number of hydrogen-bond acceptors (Lipinski definition) is 8. The molecule has 0 radical (unpaired) electrons. The average Bonchev–Trinajstić information content (AvgIpc) is 2.97. The Kier molecular flexibility index (Phi) is 14.2. The zero-order valence-electron chi connectivity index (χ0n) is 22.0. The Hall–Kier alpha value is -3.60. The molecule has 0 unspecified atom stereocenters. The third kappa shape index (κ3) is 9.97. The van der Waals surface area contributed by atoms with Crippen molar-refractivity contribution >= 4 is 99.5 Å². The standard InChI is InChI=1S/C20H14Br4O8.C8H6O4/c21-13-9(17(25)26)3-5-11(15(13)23)19(29)31-7-1-2-8-32-20(30)12-6-4-10(18(27)28)14(22)16(12)24;9-7(10)5-1-2-6(4-3-5)8(11)12/h3-6H,1-2,7-8H2,(H,25,26)(H,27,28);1-4H,(H,9,10)(H,11,12). The Balaban J connectivity index is 0.000000469. The fourth-order valence-electron chi connectivity index (χ4n) is 3.19. The van der Waals surface area contributed by atoms with Gasteiger partial charge in [0.25, 0.3) is 0 Å². The lowest BCUT2D eigenvalue weighted by molar-refractivity contribution is 0.0431. The third-order valence-corrected chi connectivity index (χ3v) is 9.81. The molecule has 12 nitrogen and oxygen atoms in total. The molecule has 0 aliphatic rings. The molecule has 0 spiro atoms. The molecule has 0 atom stereocenters. The molecule has 0 fully saturated rings. The predicted octanol–water partition coefficient (Wildman–Crippen LogP) is 7.01. The fourth-order valence-corrected chi connectivity index (χ4v) is 5.24. The van der Waals surface area contributed by atoms with E-state index in [4.69, 9.17) is 29.9 Å². The highest BCUT2D eigenvalue weighted by atomic mass is 79.9. The van der Waals surface area contributed by atoms with Gasteiger partial charge in [-0.25, -0.2) is 28.8 Å². The van der Waals surface area contributed by atoms with E-state index in [2.05, 4.69) is 63.7 Å². The van der Waals surface area contributed by atoms with E-state index in [0.29, 0.717) is 12.8 Å². The summed E-state index contributed by atoms with van der Waals surface area (Å²) in [5, 5.41) is 35.1. The maximum absolute atomic E-state index is 12.2. The number of aromatic carboxylic acids is 4. The van der Waals surface area contributed by atoms with Crippen molar-refractivity contribution in [3.63, 3.8) is 0 Å². The summed E-state index contributed by atoms with van der Waals surface area (Å²) in [6.45, 7) is 0.146. The van der Waals surface area contributed by atoms with Gasteiger partial charge in [0, 0.05) is 17.9 Å². The summed E-state index contributed by atoms with van der Waals surface area (Å²) >= 11 is 12.6. The second kappa shape index (κ2) is 17.0. The van der Waals surface area contributed by atoms with Crippen LogP contribution in [0.1, 0.15) is 75.0 Å². The number of esters is 2. The summed E-state index contributed by atoms with van der Waals surface area (Å²) in [6, 6.07) is 10.3. The molecule has 0 amide bonds. The number of benzene rings is 3. The first kappa shape index (κ1) is 36.6. The van der Waals surface area contributed by atoms with Crippen LogP contribution in [0.2, 0.25) is 0 Å². The highest BCUT2D eigenvalue weighted by Gasteiger charge is 2.20. The molecule has 44 heavy (non-hydrogen) atoms. The summed E-state index contributed by atoms with van der Waals surface area (Å²) in [6.07, 6.45) is 0.849. The summed E-state index contributed by atoms with van der Waals surface area (Å²) in [4.78, 5) is 67.3. The summed E-state index contributed by atoms with van der Waals surface area (Å²) in [7, 11) is 0. The van der Waals surface area contributed by atoms with E-state index in [1.807, 2.05) is 0 Å². The zero-order valence-corrected chi connectivity index (χ0v) is 28.4. The Morgan fingerprint density at radius 1 is 0.455 bits per heavy atom. The Morgan fingerprint density at radius 3 is 1.00 bits per heavy atom. The smallest absolute Gasteiger partial charge is 0.339 e. The molecule has 3 rings (SSSR count). The number of carboxylic acid groups (broad SMARTS) is 4. The number of hydrogen-bond donors (Lipinski definition) is 4. The fraction of sp³-hybridized carbons (Fsp3) is 0.143. The number of carbonyl (C=O) groups is 6. The summed E-state index contributed by atoms with van der Waals surface area (Å²) in [5.41, 5.74) is 0.528. The van der Waals surface area contributed by atoms with Crippen molar-refractivity contribution in [1.29, 1.82) is 0 Å². The van der Waals surface area contributed by atoms with E-state index in [-0.39, 0.29) is 64.5 Å². The Labute approximate surface area is 282 Å². The molecule has 0 saturated carbocycles. The molecule has 16 heteroatoms. The quantitative estimate of drug-likeness (QED) is 0.114. The number of unbranched alkanes of at least 4 members (excludes halogenated alkanes) is 1. The monoisotopic (exact) mass is 864 g/mol. The van der Waals surface area contributed by atoms with Crippen LogP contribution in [0.25, 0.3) is 0 Å². The first-order chi connectivity index (χ1) is 20.7. The lowest BCUT2D eigenvalue weighted by atomic mass is 10.1.